The van der Waals surface area contributed by atoms with E-state index in [1.807, 2.05) is 34.9 Å². The molecule has 7 rings (SSSR count). The van der Waals surface area contributed by atoms with E-state index in [1.54, 1.807) is 16.0 Å². The average molecular weight is 793 g/mol. The van der Waals surface area contributed by atoms with Crippen LogP contribution in [0.2, 0.25) is 0 Å². The molecule has 4 aliphatic rings. The highest BCUT2D eigenvalue weighted by Gasteiger charge is 2.43. The average Bonchev–Trinajstić information content (AvgIpc) is 3.93. The molecule has 3 aromatic rings. The number of nitrogens with one attached hydrogen (secondary N) is 1. The Morgan fingerprint density at radius 3 is 2.58 bits per heavy atom. The molecule has 1 aromatic heterocycles. The molecule has 0 spiro atoms. The summed E-state index contributed by atoms with van der Waals surface area (Å²) in [5.41, 5.74) is 1.12. The molecule has 0 radical (unpaired) electrons. The van der Waals surface area contributed by atoms with Crippen molar-refractivity contribution in [3.8, 4) is 11.3 Å². The zero-order valence-corrected chi connectivity index (χ0v) is 32.0. The smallest absolute Gasteiger partial charge is 0.254 e. The number of rotatable bonds is 15. The maximum absolute atomic E-state index is 15.5. The Bertz CT molecular complexity index is 1890. The van der Waals surface area contributed by atoms with Gasteiger partial charge in [0.15, 0.2) is 6.10 Å². The molecule has 0 saturated carbocycles. The van der Waals surface area contributed by atoms with Gasteiger partial charge in [-0.1, -0.05) is 36.8 Å². The Balaban J connectivity index is 1.16. The third-order valence-electron chi connectivity index (χ3n) is 11.5. The van der Waals surface area contributed by atoms with Gasteiger partial charge in [0.25, 0.3) is 5.91 Å². The van der Waals surface area contributed by atoms with Gasteiger partial charge in [-0.15, -0.1) is 0 Å². The maximum atomic E-state index is 15.5. The Labute approximate surface area is 330 Å². The summed E-state index contributed by atoms with van der Waals surface area (Å²) in [4.78, 5) is 50.1. The lowest BCUT2D eigenvalue weighted by molar-refractivity contribution is -0.159. The molecule has 0 aliphatic carbocycles. The number of unbranched alkanes of at least 4 members (excludes halogenated alkanes) is 2. The summed E-state index contributed by atoms with van der Waals surface area (Å²) in [5.74, 6) is -2.24. The molecule has 12 nitrogen and oxygen atoms in total. The molecule has 5 heterocycles. The number of amides is 3. The number of aliphatic hydroxyl groups excluding tert-OH is 1. The van der Waals surface area contributed by atoms with Crippen molar-refractivity contribution in [2.24, 2.45) is 11.8 Å². The second kappa shape index (κ2) is 18.8. The van der Waals surface area contributed by atoms with Crippen LogP contribution in [-0.2, 0) is 30.4 Å². The molecule has 57 heavy (non-hydrogen) atoms. The van der Waals surface area contributed by atoms with Gasteiger partial charge >= 0.3 is 0 Å². The minimum Gasteiger partial charge on any atom is -0.381 e. The topological polar surface area (TPSA) is 129 Å². The van der Waals surface area contributed by atoms with Gasteiger partial charge in [0.1, 0.15) is 29.9 Å². The predicted octanol–water partition coefficient (Wildman–Crippen LogP) is 4.24. The number of carbonyl (C=O) groups is 3. The van der Waals surface area contributed by atoms with Crippen LogP contribution in [0.5, 0.6) is 0 Å². The quantitative estimate of drug-likeness (QED) is 0.219. The van der Waals surface area contributed by atoms with Gasteiger partial charge in [0, 0.05) is 82.7 Å². The molecule has 306 valence electrons. The van der Waals surface area contributed by atoms with Crippen molar-refractivity contribution in [2.45, 2.75) is 69.6 Å². The number of hydrogen-bond donors (Lipinski definition) is 2. The SMILES string of the molecule is O=C(CCCCCN1C(=O)C=CC1O)N1CCO[C@@H](C(=O)N(C[C@@H]2CNC[C@@H]2F)[C@@H](c2nc(-c3cc(F)ccc3F)cn2Cc2ccccc2)C2CCOCC2)C1. The van der Waals surface area contributed by atoms with Gasteiger partial charge in [-0.2, -0.15) is 0 Å². The highest BCUT2D eigenvalue weighted by atomic mass is 19.1. The van der Waals surface area contributed by atoms with E-state index < -0.39 is 48.0 Å². The van der Waals surface area contributed by atoms with Crippen molar-refractivity contribution in [2.75, 3.05) is 59.1 Å². The number of aliphatic hydroxyl groups is 1. The first kappa shape index (κ1) is 40.6. The molecule has 15 heteroatoms. The number of halogens is 3. The van der Waals surface area contributed by atoms with Crippen LogP contribution < -0.4 is 5.32 Å². The van der Waals surface area contributed by atoms with Crippen molar-refractivity contribution in [3.63, 3.8) is 0 Å². The summed E-state index contributed by atoms with van der Waals surface area (Å²) in [5, 5.41) is 13.1. The first-order chi connectivity index (χ1) is 27.7. The number of ether oxygens (including phenoxy) is 2. The van der Waals surface area contributed by atoms with Crippen LogP contribution in [0.25, 0.3) is 11.3 Å². The number of alkyl halides is 1. The Hall–Kier alpha value is -4.57. The lowest BCUT2D eigenvalue weighted by Gasteiger charge is -2.42. The predicted molar refractivity (Wildman–Crippen MR) is 204 cm³/mol. The third kappa shape index (κ3) is 9.77. The summed E-state index contributed by atoms with van der Waals surface area (Å²) >= 11 is 0. The monoisotopic (exact) mass is 792 g/mol. The largest absolute Gasteiger partial charge is 0.381 e. The van der Waals surface area contributed by atoms with Crippen molar-refractivity contribution in [1.82, 2.24) is 29.6 Å². The van der Waals surface area contributed by atoms with Crippen molar-refractivity contribution < 1.29 is 42.1 Å². The highest BCUT2D eigenvalue weighted by molar-refractivity contribution is 5.90. The van der Waals surface area contributed by atoms with Crippen molar-refractivity contribution >= 4 is 17.7 Å². The van der Waals surface area contributed by atoms with Gasteiger partial charge in [0.05, 0.1) is 24.9 Å². The fraction of sp³-hybridized carbons (Fsp3) is 0.524. The zero-order chi connectivity index (χ0) is 39.9. The van der Waals surface area contributed by atoms with Crippen LogP contribution >= 0.6 is 0 Å². The zero-order valence-electron chi connectivity index (χ0n) is 32.0. The Kier molecular flexibility index (Phi) is 13.4. The summed E-state index contributed by atoms with van der Waals surface area (Å²) in [7, 11) is 0. The van der Waals surface area contributed by atoms with E-state index in [4.69, 9.17) is 14.5 Å². The number of imidazole rings is 1. The molecule has 2 N–H and O–H groups in total. The molecule has 2 aromatic carbocycles. The number of aromatic nitrogens is 2. The van der Waals surface area contributed by atoms with Crippen LogP contribution in [0, 0.1) is 23.5 Å². The fourth-order valence-corrected chi connectivity index (χ4v) is 8.35. The van der Waals surface area contributed by atoms with Gasteiger partial charge in [-0.25, -0.2) is 18.2 Å². The second-order valence-corrected chi connectivity index (χ2v) is 15.4. The summed E-state index contributed by atoms with van der Waals surface area (Å²) in [6.45, 7) is 2.65. The van der Waals surface area contributed by atoms with E-state index in [9.17, 15) is 19.1 Å². The summed E-state index contributed by atoms with van der Waals surface area (Å²) in [6.07, 6.45) is 4.61. The van der Waals surface area contributed by atoms with Crippen LogP contribution in [0.3, 0.4) is 0 Å². The van der Waals surface area contributed by atoms with Gasteiger partial charge < -0.3 is 39.2 Å². The van der Waals surface area contributed by atoms with Crippen molar-refractivity contribution in [1.29, 1.82) is 0 Å². The Morgan fingerprint density at radius 2 is 1.84 bits per heavy atom. The first-order valence-corrected chi connectivity index (χ1v) is 20.0. The molecule has 5 atom stereocenters. The summed E-state index contributed by atoms with van der Waals surface area (Å²) < 4.78 is 59.1. The normalized spacial score (nSPS) is 23.3. The highest BCUT2D eigenvalue weighted by Crippen LogP contribution is 2.39. The summed E-state index contributed by atoms with van der Waals surface area (Å²) in [6, 6.07) is 12.1. The van der Waals surface area contributed by atoms with Crippen LogP contribution in [0.15, 0.2) is 66.9 Å². The van der Waals surface area contributed by atoms with E-state index >= 15 is 13.6 Å². The molecule has 3 amide bonds. The standard InChI is InChI=1S/C42H51F3N6O6/c43-31-10-11-33(44)32(21-31)35-26-49(24-28-7-3-1-4-8-28)41(47-35)40(29-14-18-56-19-15-29)51(25-30-22-46-23-34(30)45)42(55)36-27-48(17-20-57-36)37(52)9-5-2-6-16-50-38(53)12-13-39(50)54/h1,3-4,7-8,10-13,21,26,29-30,34,36,38,40,46,53H,2,5-6,9,14-20,22-25,27H2/t30-,34-,36+,38?,40+/m0/s1. The number of carbonyl (C=O) groups excluding carboxylic acids is 3. The fourth-order valence-electron chi connectivity index (χ4n) is 8.35. The molecule has 3 fully saturated rings. The van der Waals surface area contributed by atoms with Gasteiger partial charge in [-0.3, -0.25) is 14.4 Å². The molecular formula is C42H51F3N6O6. The molecular weight excluding hydrogens is 741 g/mol. The lowest BCUT2D eigenvalue weighted by atomic mass is 9.88. The van der Waals surface area contributed by atoms with E-state index in [-0.39, 0.29) is 61.7 Å². The molecule has 3 saturated heterocycles. The number of morpholine rings is 1. The number of hydrogen-bond acceptors (Lipinski definition) is 8. The van der Waals surface area contributed by atoms with Crippen molar-refractivity contribution in [3.05, 3.63) is 89.9 Å². The first-order valence-electron chi connectivity index (χ1n) is 20.0. The van der Waals surface area contributed by atoms with Crippen LogP contribution in [0.1, 0.15) is 56.0 Å². The maximum Gasteiger partial charge on any atom is 0.254 e. The van der Waals surface area contributed by atoms with E-state index in [1.165, 1.54) is 17.1 Å². The second-order valence-electron chi connectivity index (χ2n) is 15.4. The van der Waals surface area contributed by atoms with E-state index in [0.29, 0.717) is 77.3 Å². The van der Waals surface area contributed by atoms with Crippen LogP contribution in [0.4, 0.5) is 13.2 Å². The minimum atomic E-state index is -1.20. The number of benzene rings is 2. The molecule has 0 bridgehead atoms. The Morgan fingerprint density at radius 1 is 1.04 bits per heavy atom. The lowest BCUT2D eigenvalue weighted by Crippen LogP contribution is -2.55. The molecule has 4 aliphatic heterocycles. The van der Waals surface area contributed by atoms with E-state index in [0.717, 1.165) is 23.8 Å². The minimum absolute atomic E-state index is 0.0145. The third-order valence-corrected chi connectivity index (χ3v) is 11.5. The van der Waals surface area contributed by atoms with Gasteiger partial charge in [-0.05, 0) is 61.4 Å². The molecule has 1 unspecified atom stereocenters. The van der Waals surface area contributed by atoms with Crippen LogP contribution in [-0.4, -0.2) is 125 Å². The number of nitrogens with zero attached hydrogens (tertiary/aromatic N) is 5. The van der Waals surface area contributed by atoms with E-state index in [2.05, 4.69) is 5.32 Å². The van der Waals surface area contributed by atoms with Gasteiger partial charge in [0.2, 0.25) is 11.8 Å².